The molecule has 2 saturated heterocycles. The Morgan fingerprint density at radius 2 is 2.09 bits per heavy atom. The molecule has 0 bridgehead atoms. The number of hydrogen-bond acceptors (Lipinski definition) is 4. The van der Waals surface area contributed by atoms with Crippen molar-refractivity contribution in [1.82, 2.24) is 20.2 Å². The Morgan fingerprint density at radius 3 is 2.82 bits per heavy atom. The fourth-order valence-corrected chi connectivity index (χ4v) is 4.65. The molecule has 33 heavy (non-hydrogen) atoms. The fourth-order valence-electron chi connectivity index (χ4n) is 4.48. The lowest BCUT2D eigenvalue weighted by molar-refractivity contribution is -0.159. The van der Waals surface area contributed by atoms with Gasteiger partial charge in [0.15, 0.2) is 0 Å². The summed E-state index contributed by atoms with van der Waals surface area (Å²) in [6.45, 7) is 1.53. The van der Waals surface area contributed by atoms with Crippen LogP contribution in [0.3, 0.4) is 0 Å². The minimum Gasteiger partial charge on any atom is -0.371 e. The number of amides is 2. The Kier molecular flexibility index (Phi) is 5.54. The molecule has 1 spiro atoms. The summed E-state index contributed by atoms with van der Waals surface area (Å²) >= 11 is 5.96. The van der Waals surface area contributed by atoms with Crippen molar-refractivity contribution in [3.63, 3.8) is 0 Å². The van der Waals surface area contributed by atoms with Crippen molar-refractivity contribution in [3.8, 4) is 0 Å². The lowest BCUT2D eigenvalue weighted by Gasteiger charge is -2.48. The van der Waals surface area contributed by atoms with Gasteiger partial charge in [0.05, 0.1) is 18.1 Å². The summed E-state index contributed by atoms with van der Waals surface area (Å²) in [5.74, 6) is -2.37. The summed E-state index contributed by atoms with van der Waals surface area (Å²) in [5, 5.41) is 3.77. The van der Waals surface area contributed by atoms with Gasteiger partial charge in [-0.15, -0.1) is 0 Å². The summed E-state index contributed by atoms with van der Waals surface area (Å²) in [7, 11) is 0. The largest absolute Gasteiger partial charge is 0.371 e. The van der Waals surface area contributed by atoms with Crippen molar-refractivity contribution in [2.75, 3.05) is 19.7 Å². The predicted molar refractivity (Wildman–Crippen MR) is 117 cm³/mol. The van der Waals surface area contributed by atoms with Crippen LogP contribution in [0.15, 0.2) is 36.5 Å². The van der Waals surface area contributed by atoms with E-state index in [2.05, 4.69) is 15.3 Å². The minimum absolute atomic E-state index is 0.120. The highest BCUT2D eigenvalue weighted by molar-refractivity contribution is 6.31. The Morgan fingerprint density at radius 1 is 1.27 bits per heavy atom. The molecule has 0 radical (unpaired) electrons. The maximum Gasteiger partial charge on any atom is 0.268 e. The van der Waals surface area contributed by atoms with Crippen LogP contribution in [0.5, 0.6) is 0 Å². The molecule has 0 aliphatic carbocycles. The number of pyridine rings is 1. The number of aromatic nitrogens is 2. The van der Waals surface area contributed by atoms with Crippen LogP contribution in [-0.2, 0) is 16.0 Å². The van der Waals surface area contributed by atoms with Crippen molar-refractivity contribution in [3.05, 3.63) is 64.4 Å². The monoisotopic (exact) mass is 474 g/mol. The molecule has 0 saturated carbocycles. The second kappa shape index (κ2) is 8.39. The second-order valence-electron chi connectivity index (χ2n) is 8.57. The smallest absolute Gasteiger partial charge is 0.268 e. The number of benzene rings is 1. The zero-order chi connectivity index (χ0) is 23.2. The van der Waals surface area contributed by atoms with Gasteiger partial charge >= 0.3 is 0 Å². The first-order valence-electron chi connectivity index (χ1n) is 10.6. The molecule has 5 rings (SSSR count). The van der Waals surface area contributed by atoms with E-state index in [1.807, 2.05) is 0 Å². The number of rotatable bonds is 5. The third-order valence-electron chi connectivity index (χ3n) is 6.18. The van der Waals surface area contributed by atoms with E-state index < -0.39 is 23.6 Å². The molecule has 1 aromatic carbocycles. The quantitative estimate of drug-likeness (QED) is 0.594. The molecule has 2 N–H and O–H groups in total. The SMILES string of the molecule is O=C(N[C@@H](Cc1ccc(F)cc1F)C(=O)N1CC2(CCCO2)C1)c1cc2cc(Cl)cnc2[nH]1. The maximum atomic E-state index is 14.3. The average Bonchev–Trinajstić information content (AvgIpc) is 3.40. The van der Waals surface area contributed by atoms with Crippen LogP contribution in [0.25, 0.3) is 11.0 Å². The van der Waals surface area contributed by atoms with E-state index in [1.54, 1.807) is 17.0 Å². The van der Waals surface area contributed by atoms with Crippen LogP contribution in [0.1, 0.15) is 28.9 Å². The Bertz CT molecular complexity index is 1230. The lowest BCUT2D eigenvalue weighted by Crippen LogP contribution is -2.66. The molecule has 10 heteroatoms. The van der Waals surface area contributed by atoms with E-state index in [-0.39, 0.29) is 29.2 Å². The van der Waals surface area contributed by atoms with Crippen molar-refractivity contribution in [1.29, 1.82) is 0 Å². The number of ether oxygens (including phenoxy) is 1. The van der Waals surface area contributed by atoms with E-state index in [9.17, 15) is 18.4 Å². The van der Waals surface area contributed by atoms with Crippen molar-refractivity contribution < 1.29 is 23.1 Å². The Labute approximate surface area is 193 Å². The highest BCUT2D eigenvalue weighted by Gasteiger charge is 2.49. The second-order valence-corrected chi connectivity index (χ2v) is 9.01. The zero-order valence-electron chi connectivity index (χ0n) is 17.5. The van der Waals surface area contributed by atoms with Gasteiger partial charge in [-0.25, -0.2) is 13.8 Å². The number of hydrogen-bond donors (Lipinski definition) is 2. The van der Waals surface area contributed by atoms with Crippen LogP contribution >= 0.6 is 11.6 Å². The number of likely N-dealkylation sites (tertiary alicyclic amines) is 1. The van der Waals surface area contributed by atoms with Gasteiger partial charge in [-0.2, -0.15) is 0 Å². The van der Waals surface area contributed by atoms with E-state index in [4.69, 9.17) is 16.3 Å². The number of halogens is 3. The Balaban J connectivity index is 1.37. The summed E-state index contributed by atoms with van der Waals surface area (Å²) in [6.07, 6.45) is 3.16. The number of nitrogens with one attached hydrogen (secondary N) is 2. The van der Waals surface area contributed by atoms with Gasteiger partial charge in [0.25, 0.3) is 5.91 Å². The molecule has 2 amide bonds. The third-order valence-corrected chi connectivity index (χ3v) is 6.39. The van der Waals surface area contributed by atoms with E-state index >= 15 is 0 Å². The predicted octanol–water partition coefficient (Wildman–Crippen LogP) is 3.23. The minimum atomic E-state index is -1.04. The standard InChI is InChI=1S/C23H21ClF2N4O3/c24-15-6-14-8-18(28-20(14)27-10-15)21(31)29-19(7-13-2-3-16(25)9-17(13)26)22(32)30-11-23(12-30)4-1-5-33-23/h2-3,6,8-10,19H,1,4-5,7,11-12H2,(H,27,28)(H,29,31)/t19-/m0/s1. The molecule has 0 unspecified atom stereocenters. The average molecular weight is 475 g/mol. The van der Waals surface area contributed by atoms with Crippen LogP contribution in [0.2, 0.25) is 5.02 Å². The summed E-state index contributed by atoms with van der Waals surface area (Å²) in [6, 6.07) is 5.36. The molecule has 2 fully saturated rings. The molecule has 7 nitrogen and oxygen atoms in total. The Hall–Kier alpha value is -3.04. The lowest BCUT2D eigenvalue weighted by atomic mass is 9.89. The topological polar surface area (TPSA) is 87.3 Å². The number of H-pyrrole nitrogens is 1. The highest BCUT2D eigenvalue weighted by atomic mass is 35.5. The van der Waals surface area contributed by atoms with Crippen LogP contribution in [-0.4, -0.2) is 58.0 Å². The fraction of sp³-hybridized carbons (Fsp3) is 0.348. The van der Waals surface area contributed by atoms with Crippen molar-refractivity contribution in [2.24, 2.45) is 0 Å². The van der Waals surface area contributed by atoms with E-state index in [0.29, 0.717) is 35.8 Å². The molecule has 1 atom stereocenters. The van der Waals surface area contributed by atoms with E-state index in [0.717, 1.165) is 25.0 Å². The van der Waals surface area contributed by atoms with Gasteiger partial charge < -0.3 is 19.9 Å². The molecule has 2 aliphatic heterocycles. The summed E-state index contributed by atoms with van der Waals surface area (Å²) in [5.41, 5.74) is 0.483. The first-order chi connectivity index (χ1) is 15.8. The third kappa shape index (κ3) is 4.30. The number of fused-ring (bicyclic) bond motifs is 1. The van der Waals surface area contributed by atoms with Gasteiger partial charge in [0.1, 0.15) is 34.6 Å². The molecular weight excluding hydrogens is 454 g/mol. The molecule has 3 aromatic rings. The molecule has 2 aromatic heterocycles. The van der Waals surface area contributed by atoms with Crippen LogP contribution in [0.4, 0.5) is 8.78 Å². The van der Waals surface area contributed by atoms with Crippen molar-refractivity contribution >= 4 is 34.4 Å². The number of nitrogens with zero attached hydrogens (tertiary/aromatic N) is 2. The van der Waals surface area contributed by atoms with Crippen LogP contribution in [0, 0.1) is 11.6 Å². The normalized spacial score (nSPS) is 17.8. The van der Waals surface area contributed by atoms with E-state index in [1.165, 1.54) is 12.3 Å². The van der Waals surface area contributed by atoms with Gasteiger partial charge in [0.2, 0.25) is 5.91 Å². The van der Waals surface area contributed by atoms with Gasteiger partial charge in [0, 0.05) is 30.7 Å². The molecular formula is C23H21ClF2N4O3. The molecule has 172 valence electrons. The number of carbonyl (C=O) groups is 2. The van der Waals surface area contributed by atoms with Gasteiger partial charge in [-0.3, -0.25) is 9.59 Å². The summed E-state index contributed by atoms with van der Waals surface area (Å²) < 4.78 is 33.4. The van der Waals surface area contributed by atoms with Crippen LogP contribution < -0.4 is 5.32 Å². The van der Waals surface area contributed by atoms with Gasteiger partial charge in [-0.05, 0) is 36.6 Å². The first-order valence-corrected chi connectivity index (χ1v) is 11.0. The number of carbonyl (C=O) groups excluding carboxylic acids is 2. The number of aromatic amines is 1. The molecule has 4 heterocycles. The molecule has 2 aliphatic rings. The first kappa shape index (κ1) is 21.8. The summed E-state index contributed by atoms with van der Waals surface area (Å²) in [4.78, 5) is 34.9. The maximum absolute atomic E-state index is 14.3. The zero-order valence-corrected chi connectivity index (χ0v) is 18.3. The highest BCUT2D eigenvalue weighted by Crippen LogP contribution is 2.35. The van der Waals surface area contributed by atoms with Gasteiger partial charge in [-0.1, -0.05) is 17.7 Å². The van der Waals surface area contributed by atoms with Crippen molar-refractivity contribution in [2.45, 2.75) is 30.9 Å².